The normalized spacial score (nSPS) is 11.0. The highest BCUT2D eigenvalue weighted by Crippen LogP contribution is 2.31. The third-order valence-electron chi connectivity index (χ3n) is 10.7. The smallest absolute Gasteiger partial charge is 0.223 e. The largest absolute Gasteiger partial charge is 1.00 e. The summed E-state index contributed by atoms with van der Waals surface area (Å²) in [6.45, 7) is 10.7. The summed E-state index contributed by atoms with van der Waals surface area (Å²) in [5.74, 6) is 0. The Balaban J connectivity index is 0.000000315. The quantitative estimate of drug-likeness (QED) is 0.0378. The number of halogens is 2. The van der Waals surface area contributed by atoms with Gasteiger partial charge in [0.25, 0.3) is 0 Å². The van der Waals surface area contributed by atoms with Crippen molar-refractivity contribution in [3.05, 3.63) is 156 Å². The summed E-state index contributed by atoms with van der Waals surface area (Å²) in [4.78, 5) is 0. The van der Waals surface area contributed by atoms with Crippen LogP contribution >= 0.6 is 27.3 Å². The van der Waals surface area contributed by atoms with Crippen LogP contribution in [0.5, 0.6) is 0 Å². The van der Waals surface area contributed by atoms with E-state index in [0.717, 1.165) is 33.4 Å². The molecule has 0 bridgehead atoms. The molecule has 0 aliphatic carbocycles. The van der Waals surface area contributed by atoms with E-state index in [1.54, 1.807) is 14.2 Å². The summed E-state index contributed by atoms with van der Waals surface area (Å²) in [7, 11) is 6.28. The summed E-state index contributed by atoms with van der Waals surface area (Å²) >= 11 is 7.57. The third-order valence-corrected chi connectivity index (χ3v) is 10.7. The van der Waals surface area contributed by atoms with Gasteiger partial charge in [-0.2, -0.15) is 0 Å². The molecule has 0 saturated heterocycles. The van der Waals surface area contributed by atoms with Crippen molar-refractivity contribution in [2.75, 3.05) is 60.5 Å². The first-order chi connectivity index (χ1) is 32.4. The van der Waals surface area contributed by atoms with Gasteiger partial charge in [-0.05, 0) is 72.7 Å². The molecule has 9 nitrogen and oxygen atoms in total. The average Bonchev–Trinajstić information content (AvgIpc) is 3.83. The number of aromatic nitrogens is 4. The number of hydrogen-bond donors (Lipinski definition) is 1. The van der Waals surface area contributed by atoms with Gasteiger partial charge in [-0.3, -0.25) is 4.57 Å². The number of benzene rings is 4. The molecule has 4 aromatic heterocycles. The zero-order chi connectivity index (χ0) is 46.9. The van der Waals surface area contributed by atoms with Crippen molar-refractivity contribution >= 4 is 107 Å². The lowest BCUT2D eigenvalue weighted by molar-refractivity contribution is -0.697. The van der Waals surface area contributed by atoms with Gasteiger partial charge in [0.05, 0.1) is 39.6 Å². The highest BCUT2D eigenvalue weighted by molar-refractivity contribution is 8.33. The lowest BCUT2D eigenvalue weighted by atomic mass is 10.1. The topological polar surface area (TPSA) is 71.6 Å². The minimum Gasteiger partial charge on any atom is -1.00 e. The molecule has 68 heavy (non-hydrogen) atoms. The van der Waals surface area contributed by atoms with Crippen LogP contribution < -0.4 is 45.5 Å². The maximum Gasteiger partial charge on any atom is 0.223 e. The second-order valence-corrected chi connectivity index (χ2v) is 17.3. The van der Waals surface area contributed by atoms with E-state index >= 15 is 0 Å². The fraction of sp³-hybridized carbons (Fsp3) is 0.283. The van der Waals surface area contributed by atoms with Gasteiger partial charge >= 0.3 is 0 Å². The third kappa shape index (κ3) is 17.5. The number of fused-ring (bicyclic) bond motifs is 6. The molecule has 0 amide bonds. The van der Waals surface area contributed by atoms with E-state index in [1.807, 2.05) is 18.3 Å². The monoisotopic (exact) mass is 1120 g/mol. The number of hydrogen-bond acceptors (Lipinski definition) is 6. The van der Waals surface area contributed by atoms with Crippen LogP contribution in [0.2, 0.25) is 0 Å². The van der Waals surface area contributed by atoms with Crippen LogP contribution in [0.4, 0.5) is 0 Å². The summed E-state index contributed by atoms with van der Waals surface area (Å²) < 4.78 is 39.3. The van der Waals surface area contributed by atoms with Gasteiger partial charge in [0.1, 0.15) is 13.6 Å². The Morgan fingerprint density at radius 2 is 0.971 bits per heavy atom. The molecule has 0 spiro atoms. The first-order valence-electron chi connectivity index (χ1n) is 22.0. The summed E-state index contributed by atoms with van der Waals surface area (Å²) in [5, 5.41) is 5.12. The van der Waals surface area contributed by atoms with E-state index in [4.69, 9.17) is 23.5 Å². The van der Waals surface area contributed by atoms with Crippen molar-refractivity contribution in [2.45, 2.75) is 33.0 Å². The SMILES string of the molecule is CCC[n+]1ccc(/C=C/c2ccc3c(c2)c2ccccc2n3CCOCCOC)cc1.COCCOCCn1c2ccccc2c2cc(/C=C/c3cc[n+](C)cc3)ccc21.CP=S.O=PS.[Cl-].[I-]. The predicted octanol–water partition coefficient (Wildman–Crippen LogP) is 5.93. The minimum absolute atomic E-state index is 0. The standard InChI is InChI=1S/C27H31N2O2.C25H27N2O2.CH3PS.ClH.HI.HOPS/c1-3-14-28-15-12-22(13-16-28)8-9-23-10-11-27-25(21-23)24-6-4-5-7-26(24)29(27)17-18-31-20-19-30-2;1-26-13-11-20(12-14-26)7-8-21-9-10-25-23(19-21)22-5-3-4-6-24(22)27(25)15-16-29-18-17-28-2;1-2-3;;;1-2-3/h4-13,15-16,21H,3,14,17-20H2,1-2H3;3-14,19H,15-18H2,1-2H3;1H3;2*1H;(H,1,3)/q2*+1;;;;/p-2. The van der Waals surface area contributed by atoms with Gasteiger partial charge in [0.15, 0.2) is 24.8 Å². The Morgan fingerprint density at radius 1 is 0.588 bits per heavy atom. The van der Waals surface area contributed by atoms with E-state index in [1.165, 1.54) is 65.9 Å². The molecule has 0 saturated carbocycles. The molecule has 0 atom stereocenters. The number of nitrogens with zero attached hydrogens (tertiary/aromatic N) is 4. The van der Waals surface area contributed by atoms with E-state index in [2.05, 4.69) is 203 Å². The van der Waals surface area contributed by atoms with Crippen molar-refractivity contribution in [1.82, 2.24) is 9.13 Å². The fourth-order valence-electron chi connectivity index (χ4n) is 7.63. The van der Waals surface area contributed by atoms with Gasteiger partial charge < -0.3 is 64.5 Å². The Morgan fingerprint density at radius 3 is 1.38 bits per heavy atom. The molecule has 8 aromatic rings. The van der Waals surface area contributed by atoms with Crippen LogP contribution in [-0.2, 0) is 62.0 Å². The molecule has 0 N–H and O–H groups in total. The van der Waals surface area contributed by atoms with Crippen LogP contribution in [0.15, 0.2) is 134 Å². The molecule has 0 unspecified atom stereocenters. The van der Waals surface area contributed by atoms with E-state index < -0.39 is 0 Å². The maximum absolute atomic E-state index is 8.77. The number of methoxy groups -OCH3 is 2. The summed E-state index contributed by atoms with van der Waals surface area (Å²) in [6, 6.07) is 39.1. The number of rotatable bonds is 18. The molecular weight excluding hydrogens is 1060 g/mol. The minimum atomic E-state index is -0.139. The predicted molar refractivity (Wildman–Crippen MR) is 283 cm³/mol. The van der Waals surface area contributed by atoms with Crippen molar-refractivity contribution in [2.24, 2.45) is 7.05 Å². The average molecular weight is 1120 g/mol. The van der Waals surface area contributed by atoms with Crippen molar-refractivity contribution in [3.8, 4) is 0 Å². The van der Waals surface area contributed by atoms with Gasteiger partial charge in [0.2, 0.25) is 7.66 Å². The molecule has 0 fully saturated rings. The molecule has 0 radical (unpaired) electrons. The number of thiol groups is 1. The van der Waals surface area contributed by atoms with Crippen LogP contribution in [0.3, 0.4) is 0 Å². The van der Waals surface area contributed by atoms with Crippen molar-refractivity contribution in [1.29, 1.82) is 0 Å². The van der Waals surface area contributed by atoms with Crippen molar-refractivity contribution < 1.29 is 69.0 Å². The molecule has 4 heterocycles. The lowest BCUT2D eigenvalue weighted by Crippen LogP contribution is -3.00. The van der Waals surface area contributed by atoms with Crippen molar-refractivity contribution in [3.63, 3.8) is 0 Å². The van der Waals surface area contributed by atoms with Gasteiger partial charge in [-0.1, -0.05) is 104 Å². The van der Waals surface area contributed by atoms with E-state index in [0.29, 0.717) is 39.6 Å². The Kier molecular flexibility index (Phi) is 28.2. The first-order valence-corrected chi connectivity index (χ1v) is 26.4. The Labute approximate surface area is 438 Å². The first kappa shape index (κ1) is 58.4. The van der Waals surface area contributed by atoms with E-state index in [9.17, 15) is 0 Å². The van der Waals surface area contributed by atoms with Crippen LogP contribution in [0, 0.1) is 0 Å². The lowest BCUT2D eigenvalue weighted by Gasteiger charge is -2.08. The summed E-state index contributed by atoms with van der Waals surface area (Å²) in [6.07, 6.45) is 18.3. The molecule has 0 aliphatic heterocycles. The highest BCUT2D eigenvalue weighted by Gasteiger charge is 2.12. The second kappa shape index (κ2) is 32.8. The molecule has 8 rings (SSSR count). The Hall–Kier alpha value is -3.91. The van der Waals surface area contributed by atoms with Crippen LogP contribution in [-0.4, -0.2) is 69.7 Å². The number of aryl methyl sites for hydroxylation is 2. The zero-order valence-electron chi connectivity index (χ0n) is 39.4. The fourth-order valence-corrected chi connectivity index (χ4v) is 7.63. The molecule has 15 heteroatoms. The summed E-state index contributed by atoms with van der Waals surface area (Å²) in [5.41, 5.74) is 9.79. The molecule has 4 aromatic carbocycles. The second-order valence-electron chi connectivity index (χ2n) is 15.2. The molecule has 0 aliphatic rings. The number of ether oxygens (including phenoxy) is 4. The zero-order valence-corrected chi connectivity index (χ0v) is 45.8. The Bertz CT molecular complexity index is 2800. The molecule has 360 valence electrons. The maximum atomic E-state index is 8.77. The van der Waals surface area contributed by atoms with Crippen LogP contribution in [0.25, 0.3) is 67.9 Å². The van der Waals surface area contributed by atoms with E-state index in [-0.39, 0.29) is 44.0 Å². The number of pyridine rings is 2. The van der Waals surface area contributed by atoms with Gasteiger partial charge in [-0.25, -0.2) is 9.13 Å². The van der Waals surface area contributed by atoms with Gasteiger partial charge in [0, 0.05) is 102 Å². The molecular formula is C53H62ClIN4O5P2S2. The highest BCUT2D eigenvalue weighted by atomic mass is 127. The van der Waals surface area contributed by atoms with Crippen LogP contribution in [0.1, 0.15) is 35.6 Å². The number of para-hydroxylation sites is 2. The van der Waals surface area contributed by atoms with Gasteiger partial charge in [-0.15, -0.1) is 0 Å².